The fourth-order valence-electron chi connectivity index (χ4n) is 1.38. The second kappa shape index (κ2) is 8.36. The molecule has 0 saturated carbocycles. The second-order valence-electron chi connectivity index (χ2n) is 4.15. The van der Waals surface area contributed by atoms with Crippen LogP contribution in [0.5, 0.6) is 0 Å². The summed E-state index contributed by atoms with van der Waals surface area (Å²) in [6.45, 7) is 2.02. The largest absolute Gasteiger partial charge is 0.480 e. The van der Waals surface area contributed by atoms with Crippen LogP contribution in [0.3, 0.4) is 0 Å². The number of urea groups is 1. The van der Waals surface area contributed by atoms with Crippen molar-refractivity contribution < 1.29 is 14.7 Å². The lowest BCUT2D eigenvalue weighted by atomic mass is 10.2. The van der Waals surface area contributed by atoms with E-state index < -0.39 is 18.0 Å². The Morgan fingerprint density at radius 3 is 2.70 bits per heavy atom. The van der Waals surface area contributed by atoms with Crippen LogP contribution in [0.25, 0.3) is 0 Å². The van der Waals surface area contributed by atoms with Crippen molar-refractivity contribution in [2.24, 2.45) is 0 Å². The Hall–Kier alpha value is -1.83. The van der Waals surface area contributed by atoms with Crippen LogP contribution in [0, 0.1) is 6.92 Å². The number of nitrogens with zero attached hydrogens (tertiary/aromatic N) is 2. The molecule has 0 spiro atoms. The molecule has 0 aliphatic carbocycles. The van der Waals surface area contributed by atoms with Crippen LogP contribution in [0.2, 0.25) is 0 Å². The minimum atomic E-state index is -1.04. The van der Waals surface area contributed by atoms with E-state index in [0.29, 0.717) is 17.9 Å². The van der Waals surface area contributed by atoms with Crippen LogP contribution >= 0.6 is 11.8 Å². The summed E-state index contributed by atoms with van der Waals surface area (Å²) in [5.41, 5.74) is 1.41. The van der Waals surface area contributed by atoms with Crippen molar-refractivity contribution in [2.75, 3.05) is 12.0 Å². The zero-order chi connectivity index (χ0) is 15.0. The Balaban J connectivity index is 2.41. The Bertz CT molecular complexity index is 453. The van der Waals surface area contributed by atoms with Gasteiger partial charge >= 0.3 is 12.0 Å². The number of amides is 2. The number of hydrogen-bond acceptors (Lipinski definition) is 5. The maximum atomic E-state index is 11.6. The van der Waals surface area contributed by atoms with Crippen molar-refractivity contribution >= 4 is 23.8 Å². The lowest BCUT2D eigenvalue weighted by molar-refractivity contribution is -0.139. The van der Waals surface area contributed by atoms with Crippen LogP contribution in [0.4, 0.5) is 4.79 Å². The lowest BCUT2D eigenvalue weighted by Crippen LogP contribution is -2.46. The van der Waals surface area contributed by atoms with Crippen LogP contribution in [-0.4, -0.2) is 45.1 Å². The SMILES string of the molecule is CSCC[C@@H](NC(=O)NCc1cnc(C)cn1)C(=O)O. The average molecular weight is 298 g/mol. The summed E-state index contributed by atoms with van der Waals surface area (Å²) in [6.07, 6.45) is 5.44. The Kier molecular flexibility index (Phi) is 6.78. The smallest absolute Gasteiger partial charge is 0.326 e. The molecule has 0 fully saturated rings. The lowest BCUT2D eigenvalue weighted by Gasteiger charge is -2.14. The van der Waals surface area contributed by atoms with Gasteiger partial charge in [0.2, 0.25) is 0 Å². The number of thioether (sulfide) groups is 1. The van der Waals surface area contributed by atoms with Gasteiger partial charge in [0.15, 0.2) is 0 Å². The van der Waals surface area contributed by atoms with Gasteiger partial charge < -0.3 is 15.7 Å². The molecule has 8 heteroatoms. The van der Waals surface area contributed by atoms with Gasteiger partial charge in [0, 0.05) is 6.20 Å². The molecule has 1 rings (SSSR count). The van der Waals surface area contributed by atoms with Gasteiger partial charge in [-0.15, -0.1) is 0 Å². The number of hydrogen-bond donors (Lipinski definition) is 3. The summed E-state index contributed by atoms with van der Waals surface area (Å²) in [4.78, 5) is 30.7. The number of carbonyl (C=O) groups excluding carboxylic acids is 1. The Morgan fingerprint density at radius 2 is 2.15 bits per heavy atom. The number of nitrogens with one attached hydrogen (secondary N) is 2. The highest BCUT2D eigenvalue weighted by atomic mass is 32.2. The first-order valence-corrected chi connectivity index (χ1v) is 7.46. The van der Waals surface area contributed by atoms with Gasteiger partial charge in [0.25, 0.3) is 0 Å². The molecule has 0 saturated heterocycles. The fourth-order valence-corrected chi connectivity index (χ4v) is 1.86. The first-order valence-electron chi connectivity index (χ1n) is 6.06. The Morgan fingerprint density at radius 1 is 1.40 bits per heavy atom. The van der Waals surface area contributed by atoms with E-state index in [2.05, 4.69) is 20.6 Å². The van der Waals surface area contributed by atoms with Gasteiger partial charge in [-0.3, -0.25) is 9.97 Å². The molecule has 0 unspecified atom stereocenters. The van der Waals surface area contributed by atoms with Crippen molar-refractivity contribution in [3.63, 3.8) is 0 Å². The van der Waals surface area contributed by atoms with E-state index in [1.54, 1.807) is 12.4 Å². The van der Waals surface area contributed by atoms with Gasteiger partial charge in [-0.05, 0) is 25.4 Å². The number of aliphatic carboxylic acids is 1. The van der Waals surface area contributed by atoms with Crippen LogP contribution < -0.4 is 10.6 Å². The molecule has 1 aromatic heterocycles. The highest BCUT2D eigenvalue weighted by molar-refractivity contribution is 7.98. The van der Waals surface area contributed by atoms with Crippen LogP contribution in [0.1, 0.15) is 17.8 Å². The molecule has 0 aliphatic rings. The summed E-state index contributed by atoms with van der Waals surface area (Å²) in [5.74, 6) is -0.370. The third-order valence-corrected chi connectivity index (χ3v) is 3.12. The molecule has 0 radical (unpaired) electrons. The van der Waals surface area contributed by atoms with Gasteiger partial charge in [-0.2, -0.15) is 11.8 Å². The number of carboxylic acids is 1. The third-order valence-electron chi connectivity index (χ3n) is 2.48. The Labute approximate surface area is 121 Å². The van der Waals surface area contributed by atoms with E-state index in [9.17, 15) is 9.59 Å². The monoisotopic (exact) mass is 298 g/mol. The summed E-state index contributed by atoms with van der Waals surface area (Å²) in [7, 11) is 0. The number of aromatic nitrogens is 2. The molecule has 110 valence electrons. The molecule has 0 bridgehead atoms. The fraction of sp³-hybridized carbons (Fsp3) is 0.500. The molecule has 0 aliphatic heterocycles. The molecule has 2 amide bonds. The summed E-state index contributed by atoms with van der Waals surface area (Å²) >= 11 is 1.53. The van der Waals surface area contributed by atoms with E-state index in [0.717, 1.165) is 5.69 Å². The summed E-state index contributed by atoms with van der Waals surface area (Å²) in [6, 6.07) is -1.41. The summed E-state index contributed by atoms with van der Waals surface area (Å²) in [5, 5.41) is 14.0. The highest BCUT2D eigenvalue weighted by Crippen LogP contribution is 2.01. The molecule has 0 aromatic carbocycles. The molecule has 3 N–H and O–H groups in total. The molecule has 1 aromatic rings. The zero-order valence-electron chi connectivity index (χ0n) is 11.4. The molecule has 20 heavy (non-hydrogen) atoms. The zero-order valence-corrected chi connectivity index (χ0v) is 12.2. The standard InChI is InChI=1S/C12H18N4O3S/c1-8-5-14-9(6-13-8)7-15-12(19)16-10(11(17)18)3-4-20-2/h5-6,10H,3-4,7H2,1-2H3,(H,17,18)(H2,15,16,19)/t10-/m1/s1. The van der Waals surface area contributed by atoms with Gasteiger partial charge in [0.1, 0.15) is 6.04 Å². The van der Waals surface area contributed by atoms with Crippen molar-refractivity contribution in [3.8, 4) is 0 Å². The molecular formula is C12H18N4O3S. The number of aryl methyl sites for hydroxylation is 1. The summed E-state index contributed by atoms with van der Waals surface area (Å²) < 4.78 is 0. The van der Waals surface area contributed by atoms with Crippen molar-refractivity contribution in [2.45, 2.75) is 25.9 Å². The van der Waals surface area contributed by atoms with E-state index in [-0.39, 0.29) is 6.54 Å². The molecular weight excluding hydrogens is 280 g/mol. The van der Waals surface area contributed by atoms with Crippen molar-refractivity contribution in [1.29, 1.82) is 0 Å². The van der Waals surface area contributed by atoms with Crippen LogP contribution in [-0.2, 0) is 11.3 Å². The predicted molar refractivity (Wildman–Crippen MR) is 76.6 cm³/mol. The van der Waals surface area contributed by atoms with Gasteiger partial charge in [0.05, 0.1) is 24.1 Å². The number of carboxylic acid groups (broad SMARTS) is 1. The topological polar surface area (TPSA) is 104 Å². The highest BCUT2D eigenvalue weighted by Gasteiger charge is 2.19. The number of carbonyl (C=O) groups is 2. The van der Waals surface area contributed by atoms with Gasteiger partial charge in [-0.1, -0.05) is 0 Å². The third kappa shape index (κ3) is 5.87. The normalized spacial score (nSPS) is 11.7. The molecule has 7 nitrogen and oxygen atoms in total. The minimum Gasteiger partial charge on any atom is -0.480 e. The minimum absolute atomic E-state index is 0.202. The quantitative estimate of drug-likeness (QED) is 0.687. The van der Waals surface area contributed by atoms with Crippen LogP contribution in [0.15, 0.2) is 12.4 Å². The average Bonchev–Trinajstić information content (AvgIpc) is 2.42. The maximum absolute atomic E-state index is 11.6. The predicted octanol–water partition coefficient (Wildman–Crippen LogP) is 0.791. The molecule has 1 heterocycles. The second-order valence-corrected chi connectivity index (χ2v) is 5.13. The van der Waals surface area contributed by atoms with Gasteiger partial charge in [-0.25, -0.2) is 9.59 Å². The van der Waals surface area contributed by atoms with Crippen molar-refractivity contribution in [3.05, 3.63) is 23.8 Å². The van der Waals surface area contributed by atoms with E-state index in [1.807, 2.05) is 13.2 Å². The maximum Gasteiger partial charge on any atom is 0.326 e. The van der Waals surface area contributed by atoms with E-state index in [1.165, 1.54) is 11.8 Å². The number of rotatable bonds is 7. The van der Waals surface area contributed by atoms with E-state index in [4.69, 9.17) is 5.11 Å². The van der Waals surface area contributed by atoms with E-state index >= 15 is 0 Å². The first kappa shape index (κ1) is 16.2. The molecule has 1 atom stereocenters. The first-order chi connectivity index (χ1) is 9.52. The van der Waals surface area contributed by atoms with Crippen molar-refractivity contribution in [1.82, 2.24) is 20.6 Å².